The molecule has 1 fully saturated rings. The van der Waals surface area contributed by atoms with Gasteiger partial charge in [-0.1, -0.05) is 17.7 Å². The maximum absolute atomic E-state index is 6.26. The molecule has 1 unspecified atom stereocenters. The van der Waals surface area contributed by atoms with Gasteiger partial charge in [0.15, 0.2) is 0 Å². The van der Waals surface area contributed by atoms with Gasteiger partial charge in [-0.25, -0.2) is 0 Å². The molecule has 0 N–H and O–H groups in total. The average Bonchev–Trinajstić information content (AvgIpc) is 2.46. The zero-order valence-corrected chi connectivity index (χ0v) is 13.9. The number of pyridine rings is 1. The second kappa shape index (κ2) is 6.92. The molecule has 0 amide bonds. The van der Waals surface area contributed by atoms with Crippen molar-refractivity contribution in [2.75, 3.05) is 40.3 Å². The van der Waals surface area contributed by atoms with Crippen LogP contribution in [0.4, 0.5) is 0 Å². The lowest BCUT2D eigenvalue weighted by Crippen LogP contribution is -2.46. The van der Waals surface area contributed by atoms with E-state index < -0.39 is 0 Å². The van der Waals surface area contributed by atoms with Crippen LogP contribution in [0.2, 0.25) is 5.02 Å². The fraction of sp³-hybridized carbons (Fsp3) is 0.471. The summed E-state index contributed by atoms with van der Waals surface area (Å²) in [7, 11) is 4.16. The number of morpholine rings is 1. The van der Waals surface area contributed by atoms with Crippen molar-refractivity contribution in [3.63, 3.8) is 0 Å². The van der Waals surface area contributed by atoms with E-state index in [4.69, 9.17) is 16.3 Å². The predicted molar refractivity (Wildman–Crippen MR) is 90.3 cm³/mol. The largest absolute Gasteiger partial charge is 0.374 e. The molecule has 0 radical (unpaired) electrons. The maximum Gasteiger partial charge on any atom is 0.0829 e. The Balaban J connectivity index is 1.78. The highest BCUT2D eigenvalue weighted by Gasteiger charge is 2.21. The molecule has 22 heavy (non-hydrogen) atoms. The van der Waals surface area contributed by atoms with Crippen LogP contribution in [-0.4, -0.2) is 61.2 Å². The molecule has 0 spiro atoms. The lowest BCUT2D eigenvalue weighted by Gasteiger charge is -2.34. The summed E-state index contributed by atoms with van der Waals surface area (Å²) < 4.78 is 5.84. The molecular formula is C17H22ClN3O. The standard InChI is InChI=1S/C17H22ClN3O/c1-20(2)11-16-12-21(6-7-22-16)10-14-9-15(18)8-13-4-3-5-19-17(13)14/h3-5,8-9,16H,6-7,10-12H2,1-2H3. The Bertz CT molecular complexity index is 647. The van der Waals surface area contributed by atoms with Gasteiger partial charge in [0.2, 0.25) is 0 Å². The van der Waals surface area contributed by atoms with Crippen LogP contribution in [0.15, 0.2) is 30.5 Å². The van der Waals surface area contributed by atoms with Gasteiger partial charge in [-0.2, -0.15) is 0 Å². The topological polar surface area (TPSA) is 28.6 Å². The van der Waals surface area contributed by atoms with Crippen molar-refractivity contribution >= 4 is 22.5 Å². The number of aromatic nitrogens is 1. The first-order valence-electron chi connectivity index (χ1n) is 7.63. The van der Waals surface area contributed by atoms with Gasteiger partial charge in [0.1, 0.15) is 0 Å². The number of hydrogen-bond acceptors (Lipinski definition) is 4. The molecule has 0 bridgehead atoms. The molecule has 2 heterocycles. The quantitative estimate of drug-likeness (QED) is 0.866. The Morgan fingerprint density at radius 2 is 2.27 bits per heavy atom. The van der Waals surface area contributed by atoms with Crippen molar-refractivity contribution in [2.24, 2.45) is 0 Å². The fourth-order valence-corrected chi connectivity index (χ4v) is 3.28. The van der Waals surface area contributed by atoms with Crippen molar-refractivity contribution in [3.8, 4) is 0 Å². The summed E-state index contributed by atoms with van der Waals surface area (Å²) in [6.07, 6.45) is 2.11. The SMILES string of the molecule is CN(C)CC1CN(Cc2cc(Cl)cc3cccnc23)CCO1. The number of nitrogens with zero attached hydrogens (tertiary/aromatic N) is 3. The van der Waals surface area contributed by atoms with Crippen molar-refractivity contribution in [3.05, 3.63) is 41.0 Å². The number of ether oxygens (including phenoxy) is 1. The minimum atomic E-state index is 0.266. The Hall–Kier alpha value is -1.20. The number of likely N-dealkylation sites (N-methyl/N-ethyl adjacent to an activating group) is 1. The van der Waals surface area contributed by atoms with E-state index in [1.165, 1.54) is 5.56 Å². The summed E-state index contributed by atoms with van der Waals surface area (Å²) >= 11 is 6.26. The molecule has 5 heteroatoms. The second-order valence-electron chi connectivity index (χ2n) is 6.13. The average molecular weight is 320 g/mol. The Kier molecular flexibility index (Phi) is 4.93. The minimum Gasteiger partial charge on any atom is -0.374 e. The summed E-state index contributed by atoms with van der Waals surface area (Å²) in [6, 6.07) is 8.02. The van der Waals surface area contributed by atoms with E-state index >= 15 is 0 Å². The van der Waals surface area contributed by atoms with Crippen molar-refractivity contribution < 1.29 is 4.74 Å². The van der Waals surface area contributed by atoms with Gasteiger partial charge in [0, 0.05) is 42.8 Å². The number of fused-ring (bicyclic) bond motifs is 1. The van der Waals surface area contributed by atoms with Crippen LogP contribution < -0.4 is 0 Å². The summed E-state index contributed by atoms with van der Waals surface area (Å²) in [5, 5.41) is 1.87. The third-order valence-corrected chi connectivity index (χ3v) is 4.15. The van der Waals surface area contributed by atoms with Crippen molar-refractivity contribution in [1.29, 1.82) is 0 Å². The van der Waals surface area contributed by atoms with E-state index in [2.05, 4.69) is 34.9 Å². The molecule has 1 aromatic heterocycles. The van der Waals surface area contributed by atoms with Gasteiger partial charge < -0.3 is 9.64 Å². The van der Waals surface area contributed by atoms with Crippen LogP contribution in [-0.2, 0) is 11.3 Å². The predicted octanol–water partition coefficient (Wildman–Crippen LogP) is 2.65. The third kappa shape index (κ3) is 3.76. The molecule has 118 valence electrons. The molecule has 4 nitrogen and oxygen atoms in total. The first-order chi connectivity index (χ1) is 10.6. The second-order valence-corrected chi connectivity index (χ2v) is 6.57. The normalized spacial score (nSPS) is 19.9. The molecular weight excluding hydrogens is 298 g/mol. The summed E-state index contributed by atoms with van der Waals surface area (Å²) in [6.45, 7) is 4.49. The molecule has 1 aliphatic heterocycles. The highest BCUT2D eigenvalue weighted by Crippen LogP contribution is 2.24. The molecule has 2 aromatic rings. The highest BCUT2D eigenvalue weighted by atomic mass is 35.5. The third-order valence-electron chi connectivity index (χ3n) is 3.93. The van der Waals surface area contributed by atoms with Gasteiger partial charge in [0.05, 0.1) is 18.2 Å². The Morgan fingerprint density at radius 3 is 3.09 bits per heavy atom. The monoisotopic (exact) mass is 319 g/mol. The first kappa shape index (κ1) is 15.7. The Labute approximate surface area is 136 Å². The van der Waals surface area contributed by atoms with E-state index in [9.17, 15) is 0 Å². The molecule has 0 saturated carbocycles. The lowest BCUT2D eigenvalue weighted by molar-refractivity contribution is -0.0405. The smallest absolute Gasteiger partial charge is 0.0829 e. The number of rotatable bonds is 4. The van der Waals surface area contributed by atoms with E-state index in [1.54, 1.807) is 0 Å². The first-order valence-corrected chi connectivity index (χ1v) is 8.01. The summed E-state index contributed by atoms with van der Waals surface area (Å²) in [5.74, 6) is 0. The van der Waals surface area contributed by atoms with Gasteiger partial charge >= 0.3 is 0 Å². The van der Waals surface area contributed by atoms with Crippen LogP contribution in [0, 0.1) is 0 Å². The van der Waals surface area contributed by atoms with Gasteiger partial charge in [-0.05, 0) is 37.9 Å². The zero-order valence-electron chi connectivity index (χ0n) is 13.1. The number of benzene rings is 1. The lowest BCUT2D eigenvalue weighted by atomic mass is 10.1. The Morgan fingerprint density at radius 1 is 1.41 bits per heavy atom. The van der Waals surface area contributed by atoms with Crippen LogP contribution >= 0.6 is 11.6 Å². The van der Waals surface area contributed by atoms with Crippen LogP contribution in [0.1, 0.15) is 5.56 Å². The fourth-order valence-electron chi connectivity index (χ4n) is 3.03. The van der Waals surface area contributed by atoms with E-state index in [0.717, 1.165) is 48.7 Å². The molecule has 1 aliphatic rings. The van der Waals surface area contributed by atoms with Gasteiger partial charge in [-0.15, -0.1) is 0 Å². The maximum atomic E-state index is 6.26. The van der Waals surface area contributed by atoms with E-state index in [1.807, 2.05) is 24.4 Å². The van der Waals surface area contributed by atoms with E-state index in [0.29, 0.717) is 0 Å². The molecule has 3 rings (SSSR count). The van der Waals surface area contributed by atoms with Gasteiger partial charge in [-0.3, -0.25) is 9.88 Å². The van der Waals surface area contributed by atoms with Crippen LogP contribution in [0.3, 0.4) is 0 Å². The number of halogens is 1. The van der Waals surface area contributed by atoms with Gasteiger partial charge in [0.25, 0.3) is 0 Å². The minimum absolute atomic E-state index is 0.266. The molecule has 1 saturated heterocycles. The highest BCUT2D eigenvalue weighted by molar-refractivity contribution is 6.31. The summed E-state index contributed by atoms with van der Waals surface area (Å²) in [4.78, 5) is 9.13. The van der Waals surface area contributed by atoms with Crippen molar-refractivity contribution in [2.45, 2.75) is 12.6 Å². The van der Waals surface area contributed by atoms with E-state index in [-0.39, 0.29) is 6.10 Å². The van der Waals surface area contributed by atoms with Crippen molar-refractivity contribution in [1.82, 2.24) is 14.8 Å². The zero-order chi connectivity index (χ0) is 15.5. The molecule has 1 aromatic carbocycles. The number of hydrogen-bond donors (Lipinski definition) is 0. The van der Waals surface area contributed by atoms with Crippen LogP contribution in [0.5, 0.6) is 0 Å². The molecule has 0 aliphatic carbocycles. The van der Waals surface area contributed by atoms with Crippen LogP contribution in [0.25, 0.3) is 10.9 Å². The summed E-state index contributed by atoms with van der Waals surface area (Å²) in [5.41, 5.74) is 2.23. The molecule has 1 atom stereocenters.